The van der Waals surface area contributed by atoms with Crippen LogP contribution >= 0.6 is 0 Å². The number of hydrogen-bond donors (Lipinski definition) is 4. The molecule has 0 bridgehead atoms. The van der Waals surface area contributed by atoms with Gasteiger partial charge in [0.1, 0.15) is 0 Å². The predicted octanol–water partition coefficient (Wildman–Crippen LogP) is 9.45. The highest BCUT2D eigenvalue weighted by Gasteiger charge is 2.08. The Morgan fingerprint density at radius 1 is 0.579 bits per heavy atom. The first-order chi connectivity index (χ1) is 18.3. The van der Waals surface area contributed by atoms with Gasteiger partial charge in [0, 0.05) is 0 Å². The van der Waals surface area contributed by atoms with Crippen LogP contribution in [-0.2, 0) is 12.8 Å². The Labute approximate surface area is 231 Å². The van der Waals surface area contributed by atoms with Crippen LogP contribution in [-0.4, -0.2) is 22.4 Å². The number of benzene rings is 2. The van der Waals surface area contributed by atoms with Crippen LogP contribution in [0.15, 0.2) is 36.4 Å². The smallest absolute Gasteiger partial charge is 0.402 e. The number of amides is 2. The molecule has 0 aromatic heterocycles. The maximum atomic E-state index is 8.78. The first-order valence-corrected chi connectivity index (χ1v) is 14.8. The molecular weight excluding hydrogens is 476 g/mol. The molecule has 38 heavy (non-hydrogen) atoms. The van der Waals surface area contributed by atoms with E-state index in [1.165, 1.54) is 126 Å². The van der Waals surface area contributed by atoms with Crippen LogP contribution in [0.2, 0.25) is 0 Å². The third-order valence-corrected chi connectivity index (χ3v) is 6.72. The van der Waals surface area contributed by atoms with Gasteiger partial charge in [-0.15, -0.1) is 0 Å². The molecule has 0 aliphatic heterocycles. The van der Waals surface area contributed by atoms with Gasteiger partial charge < -0.3 is 21.7 Å². The topological polar surface area (TPSA) is 127 Å². The van der Waals surface area contributed by atoms with Gasteiger partial charge in [0.05, 0.1) is 0 Å². The summed E-state index contributed by atoms with van der Waals surface area (Å²) in [6, 6.07) is 13.8. The van der Waals surface area contributed by atoms with E-state index in [1.54, 1.807) is 11.1 Å². The first kappa shape index (κ1) is 35.2. The first-order valence-electron chi connectivity index (χ1n) is 14.8. The molecule has 6 heteroatoms. The maximum absolute atomic E-state index is 8.78. The monoisotopic (exact) mass is 530 g/mol. The third kappa shape index (κ3) is 20.3. The van der Waals surface area contributed by atoms with Crippen molar-refractivity contribution in [3.63, 3.8) is 0 Å². The fourth-order valence-corrected chi connectivity index (χ4v) is 4.80. The lowest BCUT2D eigenvalue weighted by atomic mass is 9.91. The molecule has 0 fully saturated rings. The van der Waals surface area contributed by atoms with Crippen molar-refractivity contribution < 1.29 is 19.8 Å². The Bertz CT molecular complexity index is 850. The fourth-order valence-electron chi connectivity index (χ4n) is 4.80. The van der Waals surface area contributed by atoms with Crippen molar-refractivity contribution in [1.82, 2.24) is 0 Å². The number of aryl methyl sites for hydroxylation is 2. The number of hydrogen-bond acceptors (Lipinski definition) is 2. The van der Waals surface area contributed by atoms with Crippen molar-refractivity contribution in [2.24, 2.45) is 11.5 Å². The molecule has 2 rings (SSSR count). The van der Waals surface area contributed by atoms with Gasteiger partial charge in [-0.05, 0) is 47.6 Å². The quantitative estimate of drug-likeness (QED) is 0.143. The Balaban J connectivity index is 0.00000150. The van der Waals surface area contributed by atoms with Crippen LogP contribution < -0.4 is 11.5 Å². The zero-order valence-electron chi connectivity index (χ0n) is 24.1. The molecule has 0 saturated carbocycles. The molecule has 2 aromatic rings. The van der Waals surface area contributed by atoms with E-state index in [1.807, 2.05) is 0 Å². The van der Waals surface area contributed by atoms with Gasteiger partial charge in [-0.3, -0.25) is 0 Å². The van der Waals surface area contributed by atoms with Gasteiger partial charge >= 0.3 is 12.2 Å². The predicted molar refractivity (Wildman–Crippen MR) is 161 cm³/mol. The highest BCUT2D eigenvalue weighted by Crippen LogP contribution is 2.26. The minimum absolute atomic E-state index is 1.27. The van der Waals surface area contributed by atoms with Gasteiger partial charge in [-0.25, -0.2) is 9.59 Å². The van der Waals surface area contributed by atoms with E-state index in [2.05, 4.69) is 61.7 Å². The summed E-state index contributed by atoms with van der Waals surface area (Å²) in [6.45, 7) is 4.60. The molecule has 0 aliphatic carbocycles. The van der Waals surface area contributed by atoms with Crippen LogP contribution in [0.1, 0.15) is 128 Å². The summed E-state index contributed by atoms with van der Waals surface area (Å²) >= 11 is 0. The summed E-state index contributed by atoms with van der Waals surface area (Å²) in [4.78, 5) is 17.6. The number of primary amides is 2. The van der Waals surface area contributed by atoms with Crippen LogP contribution in [0.25, 0.3) is 10.8 Å². The maximum Gasteiger partial charge on any atom is 0.402 e. The Hall–Kier alpha value is -2.76. The molecule has 0 radical (unpaired) electrons. The zero-order valence-corrected chi connectivity index (χ0v) is 24.1. The molecule has 2 aromatic carbocycles. The zero-order chi connectivity index (χ0) is 28.4. The second kappa shape index (κ2) is 24.6. The third-order valence-electron chi connectivity index (χ3n) is 6.72. The number of carbonyl (C=O) groups is 2. The largest absolute Gasteiger partial charge is 0.465 e. The fraction of sp³-hybridized carbons (Fsp3) is 0.625. The van der Waals surface area contributed by atoms with Crippen molar-refractivity contribution in [2.45, 2.75) is 129 Å². The lowest BCUT2D eigenvalue weighted by Gasteiger charge is -2.14. The second-order valence-corrected chi connectivity index (χ2v) is 10.1. The summed E-state index contributed by atoms with van der Waals surface area (Å²) in [5, 5.41) is 17.3. The average Bonchev–Trinajstić information content (AvgIpc) is 2.87. The van der Waals surface area contributed by atoms with E-state index >= 15 is 0 Å². The molecule has 0 unspecified atom stereocenters. The summed E-state index contributed by atoms with van der Waals surface area (Å²) in [5.74, 6) is 0. The van der Waals surface area contributed by atoms with Crippen LogP contribution in [0.3, 0.4) is 0 Å². The minimum Gasteiger partial charge on any atom is -0.465 e. The van der Waals surface area contributed by atoms with E-state index in [0.717, 1.165) is 0 Å². The number of unbranched alkanes of at least 4 members (excludes halogenated alkanes) is 14. The van der Waals surface area contributed by atoms with Crippen LogP contribution in [0.5, 0.6) is 0 Å². The van der Waals surface area contributed by atoms with Crippen LogP contribution in [0.4, 0.5) is 9.59 Å². The SMILES string of the molecule is CCCCCCCCCCc1ccc2ccccc2c1CCCCCCCCCC.NC(=O)O.NC(=O)O. The van der Waals surface area contributed by atoms with Crippen LogP contribution in [0, 0.1) is 0 Å². The van der Waals surface area contributed by atoms with Gasteiger partial charge in [0.25, 0.3) is 0 Å². The summed E-state index contributed by atoms with van der Waals surface area (Å²) in [6.07, 6.45) is 22.4. The Morgan fingerprint density at radius 2 is 0.974 bits per heavy atom. The Morgan fingerprint density at radius 3 is 1.45 bits per heavy atom. The molecule has 0 spiro atoms. The average molecular weight is 531 g/mol. The number of fused-ring (bicyclic) bond motifs is 1. The number of rotatable bonds is 18. The summed E-state index contributed by atoms with van der Waals surface area (Å²) < 4.78 is 0. The van der Waals surface area contributed by atoms with E-state index < -0.39 is 12.2 Å². The molecule has 216 valence electrons. The van der Waals surface area contributed by atoms with Crippen molar-refractivity contribution in [2.75, 3.05) is 0 Å². The lowest BCUT2D eigenvalue weighted by Crippen LogP contribution is -2.03. The van der Waals surface area contributed by atoms with Crippen molar-refractivity contribution in [3.05, 3.63) is 47.5 Å². The highest BCUT2D eigenvalue weighted by atomic mass is 16.4. The summed E-state index contributed by atoms with van der Waals surface area (Å²) in [5.41, 5.74) is 11.3. The molecule has 6 nitrogen and oxygen atoms in total. The van der Waals surface area contributed by atoms with Gasteiger partial charge in [-0.2, -0.15) is 0 Å². The normalized spacial score (nSPS) is 10.3. The van der Waals surface area contributed by atoms with E-state index in [-0.39, 0.29) is 0 Å². The minimum atomic E-state index is -1.33. The molecule has 0 saturated heterocycles. The summed E-state index contributed by atoms with van der Waals surface area (Å²) in [7, 11) is 0. The van der Waals surface area contributed by atoms with Gasteiger partial charge in [-0.1, -0.05) is 140 Å². The van der Waals surface area contributed by atoms with E-state index in [4.69, 9.17) is 19.8 Å². The second-order valence-electron chi connectivity index (χ2n) is 10.1. The van der Waals surface area contributed by atoms with Crippen molar-refractivity contribution >= 4 is 23.0 Å². The molecule has 0 heterocycles. The molecular formula is C32H54N2O4. The Kier molecular flexibility index (Phi) is 22.8. The van der Waals surface area contributed by atoms with E-state index in [9.17, 15) is 0 Å². The number of nitrogens with two attached hydrogens (primary N) is 2. The number of carboxylic acid groups (broad SMARTS) is 2. The molecule has 0 atom stereocenters. The molecule has 0 aliphatic rings. The van der Waals surface area contributed by atoms with Crippen molar-refractivity contribution in [1.29, 1.82) is 0 Å². The van der Waals surface area contributed by atoms with Gasteiger partial charge in [0.2, 0.25) is 0 Å². The molecule has 2 amide bonds. The van der Waals surface area contributed by atoms with Gasteiger partial charge in [0.15, 0.2) is 0 Å². The lowest BCUT2D eigenvalue weighted by molar-refractivity contribution is 0.204. The van der Waals surface area contributed by atoms with Crippen molar-refractivity contribution in [3.8, 4) is 0 Å². The molecule has 6 N–H and O–H groups in total. The van der Waals surface area contributed by atoms with E-state index in [0.29, 0.717) is 0 Å². The highest BCUT2D eigenvalue weighted by molar-refractivity contribution is 5.86. The standard InChI is InChI=1S/C30H48.2CH3NO2/c1-3-5-7-9-11-13-15-17-21-27-25-26-28-22-19-20-24-30(28)29(27)23-18-16-14-12-10-8-6-4-2;2*2-1(3)4/h19-20,22,24-26H,3-18,21,23H2,1-2H3;2*2H2,(H,3,4).